The van der Waals surface area contributed by atoms with Crippen molar-refractivity contribution in [2.45, 2.75) is 64.6 Å². The highest BCUT2D eigenvalue weighted by Crippen LogP contribution is 2.38. The summed E-state index contributed by atoms with van der Waals surface area (Å²) >= 11 is 0. The van der Waals surface area contributed by atoms with Gasteiger partial charge in [-0.1, -0.05) is 13.8 Å². The summed E-state index contributed by atoms with van der Waals surface area (Å²) in [5.74, 6) is 1.13. The first kappa shape index (κ1) is 14.8. The minimum absolute atomic E-state index is 0.0709. The summed E-state index contributed by atoms with van der Waals surface area (Å²) in [6.45, 7) is 8.05. The topological polar surface area (TPSA) is 52.6 Å². The number of aliphatic hydroxyl groups excluding tert-OH is 1. The third kappa shape index (κ3) is 3.11. The van der Waals surface area contributed by atoms with Crippen molar-refractivity contribution in [2.24, 2.45) is 11.8 Å². The van der Waals surface area contributed by atoms with E-state index in [9.17, 15) is 9.90 Å². The molecule has 4 heteroatoms. The summed E-state index contributed by atoms with van der Waals surface area (Å²) in [5.41, 5.74) is 0. The molecule has 110 valence electrons. The van der Waals surface area contributed by atoms with Crippen molar-refractivity contribution in [1.29, 1.82) is 0 Å². The highest BCUT2D eigenvalue weighted by molar-refractivity contribution is 5.81. The van der Waals surface area contributed by atoms with Gasteiger partial charge in [-0.25, -0.2) is 0 Å². The number of hydrogen-bond donors (Lipinski definition) is 2. The number of amides is 1. The Labute approximate surface area is 116 Å². The van der Waals surface area contributed by atoms with Crippen LogP contribution in [-0.4, -0.2) is 47.2 Å². The van der Waals surface area contributed by atoms with Crippen molar-refractivity contribution in [3.63, 3.8) is 0 Å². The fourth-order valence-corrected chi connectivity index (χ4v) is 3.57. The van der Waals surface area contributed by atoms with Gasteiger partial charge in [0.05, 0.1) is 12.1 Å². The number of carbonyl (C=O) groups is 1. The summed E-state index contributed by atoms with van der Waals surface area (Å²) in [7, 11) is 0. The predicted molar refractivity (Wildman–Crippen MR) is 75.8 cm³/mol. The fourth-order valence-electron chi connectivity index (χ4n) is 3.57. The molecule has 0 bridgehead atoms. The number of carbonyl (C=O) groups excluding carboxylic acids is 1. The van der Waals surface area contributed by atoms with Gasteiger partial charge in [-0.05, 0) is 38.5 Å². The zero-order valence-corrected chi connectivity index (χ0v) is 12.4. The van der Waals surface area contributed by atoms with Gasteiger partial charge in [-0.2, -0.15) is 0 Å². The molecule has 4 unspecified atom stereocenters. The molecule has 2 N–H and O–H groups in total. The molecule has 0 aromatic carbocycles. The van der Waals surface area contributed by atoms with Crippen molar-refractivity contribution in [3.05, 3.63) is 0 Å². The smallest absolute Gasteiger partial charge is 0.237 e. The zero-order chi connectivity index (χ0) is 14.0. The molecule has 19 heavy (non-hydrogen) atoms. The minimum atomic E-state index is -0.149. The van der Waals surface area contributed by atoms with Crippen LogP contribution in [0.15, 0.2) is 0 Å². The molecule has 0 spiro atoms. The van der Waals surface area contributed by atoms with Crippen LogP contribution in [0.25, 0.3) is 0 Å². The number of nitrogens with zero attached hydrogens (tertiary/aromatic N) is 1. The van der Waals surface area contributed by atoms with Gasteiger partial charge in [0.1, 0.15) is 0 Å². The van der Waals surface area contributed by atoms with E-state index in [1.165, 1.54) is 0 Å². The molecule has 1 aliphatic heterocycles. The average Bonchev–Trinajstić information content (AvgIpc) is 2.97. The Bertz CT molecular complexity index is 317. The quantitative estimate of drug-likeness (QED) is 0.792. The molecule has 4 atom stereocenters. The lowest BCUT2D eigenvalue weighted by Gasteiger charge is -2.26. The van der Waals surface area contributed by atoms with Crippen LogP contribution in [0.3, 0.4) is 0 Å². The van der Waals surface area contributed by atoms with Crippen LogP contribution < -0.4 is 5.32 Å². The highest BCUT2D eigenvalue weighted by atomic mass is 16.3. The first-order chi connectivity index (χ1) is 9.06. The second-order valence-electron chi connectivity index (χ2n) is 6.22. The molecule has 1 saturated carbocycles. The minimum Gasteiger partial charge on any atom is -0.393 e. The van der Waals surface area contributed by atoms with Gasteiger partial charge in [-0.15, -0.1) is 0 Å². The molecule has 1 aliphatic carbocycles. The number of fused-ring (bicyclic) bond motifs is 1. The molecular weight excluding hydrogens is 240 g/mol. The van der Waals surface area contributed by atoms with Gasteiger partial charge in [0.25, 0.3) is 0 Å². The SMILES string of the molecule is CCC(CC)NC(=O)C(C)N1CC2CCC(O)C2C1. The maximum Gasteiger partial charge on any atom is 0.237 e. The lowest BCUT2D eigenvalue weighted by molar-refractivity contribution is -0.126. The molecule has 0 radical (unpaired) electrons. The number of rotatable bonds is 5. The van der Waals surface area contributed by atoms with Crippen molar-refractivity contribution >= 4 is 5.91 Å². The Hall–Kier alpha value is -0.610. The first-order valence-electron chi connectivity index (χ1n) is 7.79. The van der Waals surface area contributed by atoms with Gasteiger partial charge in [0.15, 0.2) is 0 Å². The fraction of sp³-hybridized carbons (Fsp3) is 0.933. The lowest BCUT2D eigenvalue weighted by Crippen LogP contribution is -2.47. The molecule has 2 rings (SSSR count). The summed E-state index contributed by atoms with van der Waals surface area (Å²) in [6.07, 6.45) is 3.88. The molecule has 2 aliphatic rings. The third-order valence-electron chi connectivity index (χ3n) is 5.11. The summed E-state index contributed by atoms with van der Waals surface area (Å²) in [5, 5.41) is 13.1. The van der Waals surface area contributed by atoms with Gasteiger partial charge < -0.3 is 10.4 Å². The van der Waals surface area contributed by atoms with Crippen LogP contribution in [0.2, 0.25) is 0 Å². The van der Waals surface area contributed by atoms with Crippen molar-refractivity contribution < 1.29 is 9.90 Å². The summed E-state index contributed by atoms with van der Waals surface area (Å²) < 4.78 is 0. The third-order valence-corrected chi connectivity index (χ3v) is 5.11. The lowest BCUT2D eigenvalue weighted by atomic mass is 10.00. The molecule has 0 aromatic heterocycles. The molecular formula is C15H28N2O2. The van der Waals surface area contributed by atoms with Crippen molar-refractivity contribution in [2.75, 3.05) is 13.1 Å². The van der Waals surface area contributed by atoms with Gasteiger partial charge in [0.2, 0.25) is 5.91 Å². The first-order valence-corrected chi connectivity index (χ1v) is 7.79. The van der Waals surface area contributed by atoms with E-state index in [4.69, 9.17) is 0 Å². The number of likely N-dealkylation sites (tertiary alicyclic amines) is 1. The molecule has 1 heterocycles. The largest absolute Gasteiger partial charge is 0.393 e. The van der Waals surface area contributed by atoms with E-state index in [2.05, 4.69) is 24.1 Å². The van der Waals surface area contributed by atoms with Gasteiger partial charge in [-0.3, -0.25) is 9.69 Å². The highest BCUT2D eigenvalue weighted by Gasteiger charge is 2.43. The van der Waals surface area contributed by atoms with Crippen LogP contribution in [0.4, 0.5) is 0 Å². The maximum absolute atomic E-state index is 12.2. The normalized spacial score (nSPS) is 32.6. The van der Waals surface area contributed by atoms with E-state index < -0.39 is 0 Å². The second kappa shape index (κ2) is 6.23. The molecule has 0 aromatic rings. The van der Waals surface area contributed by atoms with E-state index in [1.807, 2.05) is 6.92 Å². The molecule has 1 amide bonds. The van der Waals surface area contributed by atoms with Crippen molar-refractivity contribution in [3.8, 4) is 0 Å². The van der Waals surface area contributed by atoms with Crippen LogP contribution in [0, 0.1) is 11.8 Å². The number of aliphatic hydroxyl groups is 1. The standard InChI is InChI=1S/C15H28N2O2/c1-4-12(5-2)16-15(19)10(3)17-8-11-6-7-14(18)13(11)9-17/h10-14,18H,4-9H2,1-3H3,(H,16,19). The molecule has 4 nitrogen and oxygen atoms in total. The number of nitrogens with one attached hydrogen (secondary N) is 1. The second-order valence-corrected chi connectivity index (χ2v) is 6.22. The molecule has 2 fully saturated rings. The Morgan fingerprint density at radius 3 is 2.58 bits per heavy atom. The Balaban J connectivity index is 1.87. The maximum atomic E-state index is 12.2. The Kier molecular flexibility index (Phi) is 4.85. The summed E-state index contributed by atoms with van der Waals surface area (Å²) in [4.78, 5) is 14.5. The van der Waals surface area contributed by atoms with E-state index in [0.717, 1.165) is 38.8 Å². The molecule has 1 saturated heterocycles. The van der Waals surface area contributed by atoms with Crippen molar-refractivity contribution in [1.82, 2.24) is 10.2 Å². The van der Waals surface area contributed by atoms with Crippen LogP contribution >= 0.6 is 0 Å². The Morgan fingerprint density at radius 2 is 2.00 bits per heavy atom. The van der Waals surface area contributed by atoms with E-state index in [0.29, 0.717) is 17.9 Å². The van der Waals surface area contributed by atoms with E-state index >= 15 is 0 Å². The predicted octanol–water partition coefficient (Wildman–Crippen LogP) is 1.38. The average molecular weight is 268 g/mol. The van der Waals surface area contributed by atoms with E-state index in [1.54, 1.807) is 0 Å². The van der Waals surface area contributed by atoms with E-state index in [-0.39, 0.29) is 18.1 Å². The monoisotopic (exact) mass is 268 g/mol. The van der Waals surface area contributed by atoms with Crippen LogP contribution in [0.5, 0.6) is 0 Å². The zero-order valence-electron chi connectivity index (χ0n) is 12.4. The van der Waals surface area contributed by atoms with Gasteiger partial charge >= 0.3 is 0 Å². The summed E-state index contributed by atoms with van der Waals surface area (Å²) in [6, 6.07) is 0.223. The van der Waals surface area contributed by atoms with Crippen LogP contribution in [0.1, 0.15) is 46.5 Å². The number of hydrogen-bond acceptors (Lipinski definition) is 3. The van der Waals surface area contributed by atoms with Crippen LogP contribution in [-0.2, 0) is 4.79 Å². The Morgan fingerprint density at radius 1 is 1.32 bits per heavy atom. The van der Waals surface area contributed by atoms with Gasteiger partial charge in [0, 0.05) is 25.0 Å².